The van der Waals surface area contributed by atoms with Gasteiger partial charge in [-0.05, 0) is 19.4 Å². The predicted molar refractivity (Wildman–Crippen MR) is 74.0 cm³/mol. The molecule has 0 saturated carbocycles. The van der Waals surface area contributed by atoms with Crippen LogP contribution in [0.5, 0.6) is 5.75 Å². The van der Waals surface area contributed by atoms with Crippen molar-refractivity contribution in [2.75, 3.05) is 12.3 Å². The van der Waals surface area contributed by atoms with Crippen LogP contribution in [0.25, 0.3) is 0 Å². The number of amidine groups is 1. The second kappa shape index (κ2) is 3.67. The first kappa shape index (κ1) is 10.7. The van der Waals surface area contributed by atoms with Crippen molar-refractivity contribution in [1.29, 1.82) is 0 Å². The van der Waals surface area contributed by atoms with Gasteiger partial charge in [0.05, 0.1) is 6.04 Å². The molecule has 0 unspecified atom stereocenters. The molecule has 1 saturated heterocycles. The fourth-order valence-electron chi connectivity index (χ4n) is 3.11. The third-order valence-electron chi connectivity index (χ3n) is 3.91. The number of hydrogen-bond donors (Lipinski definition) is 0. The summed E-state index contributed by atoms with van der Waals surface area (Å²) >= 11 is 1.87. The topological polar surface area (TPSA) is 24.8 Å². The fraction of sp³-hybridized carbons (Fsp3) is 0.500. The molecule has 3 aliphatic heterocycles. The van der Waals surface area contributed by atoms with Gasteiger partial charge in [0.1, 0.15) is 5.75 Å². The number of ether oxygens (including phenoxy) is 1. The van der Waals surface area contributed by atoms with E-state index in [4.69, 9.17) is 9.73 Å². The molecule has 1 aromatic carbocycles. The lowest BCUT2D eigenvalue weighted by Gasteiger charge is -2.48. The largest absolute Gasteiger partial charge is 0.466 e. The molecule has 1 aromatic rings. The molecule has 2 atom stereocenters. The normalized spacial score (nSPS) is 33.1. The van der Waals surface area contributed by atoms with Gasteiger partial charge in [-0.1, -0.05) is 30.0 Å². The lowest BCUT2D eigenvalue weighted by molar-refractivity contribution is 0.0244. The fourth-order valence-corrected chi connectivity index (χ4v) is 4.21. The molecule has 94 valence electrons. The number of fused-ring (bicyclic) bond motifs is 6. The average molecular weight is 260 g/mol. The number of nitrogens with zero attached hydrogens (tertiary/aromatic N) is 2. The monoisotopic (exact) mass is 260 g/mol. The van der Waals surface area contributed by atoms with Crippen molar-refractivity contribution in [2.24, 2.45) is 4.99 Å². The Morgan fingerprint density at radius 2 is 2.33 bits per heavy atom. The third-order valence-corrected chi connectivity index (χ3v) is 4.99. The van der Waals surface area contributed by atoms with Crippen molar-refractivity contribution in [1.82, 2.24) is 4.90 Å². The highest BCUT2D eigenvalue weighted by Gasteiger charge is 2.45. The molecule has 3 heterocycles. The van der Waals surface area contributed by atoms with Crippen LogP contribution in [0.1, 0.15) is 31.4 Å². The van der Waals surface area contributed by atoms with Crippen LogP contribution in [0.15, 0.2) is 29.3 Å². The molecule has 4 heteroatoms. The molecule has 1 fully saturated rings. The van der Waals surface area contributed by atoms with Crippen molar-refractivity contribution in [3.05, 3.63) is 29.8 Å². The Balaban J connectivity index is 1.86. The van der Waals surface area contributed by atoms with E-state index in [0.29, 0.717) is 6.04 Å². The number of rotatable bonds is 0. The van der Waals surface area contributed by atoms with E-state index in [1.54, 1.807) is 0 Å². The highest BCUT2D eigenvalue weighted by Crippen LogP contribution is 2.48. The molecule has 0 aromatic heterocycles. The molecule has 2 bridgehead atoms. The molecule has 4 rings (SSSR count). The van der Waals surface area contributed by atoms with Gasteiger partial charge in [-0.15, -0.1) is 0 Å². The molecule has 0 spiro atoms. The summed E-state index contributed by atoms with van der Waals surface area (Å²) in [5.74, 6) is 2.19. The third kappa shape index (κ3) is 1.48. The molecule has 0 aliphatic carbocycles. The van der Waals surface area contributed by atoms with E-state index in [9.17, 15) is 0 Å². The Hall–Kier alpha value is -1.16. The van der Waals surface area contributed by atoms with Crippen LogP contribution >= 0.6 is 11.8 Å². The zero-order valence-electron chi connectivity index (χ0n) is 10.4. The van der Waals surface area contributed by atoms with E-state index < -0.39 is 0 Å². The van der Waals surface area contributed by atoms with Crippen molar-refractivity contribution < 1.29 is 4.74 Å². The molecule has 18 heavy (non-hydrogen) atoms. The van der Waals surface area contributed by atoms with Crippen molar-refractivity contribution in [3.8, 4) is 5.75 Å². The van der Waals surface area contributed by atoms with Crippen molar-refractivity contribution in [2.45, 2.75) is 31.5 Å². The van der Waals surface area contributed by atoms with E-state index >= 15 is 0 Å². The lowest BCUT2D eigenvalue weighted by Crippen LogP contribution is -2.51. The van der Waals surface area contributed by atoms with Gasteiger partial charge in [0.15, 0.2) is 5.17 Å². The Morgan fingerprint density at radius 1 is 1.44 bits per heavy atom. The summed E-state index contributed by atoms with van der Waals surface area (Å²) in [6.07, 6.45) is 2.22. The zero-order chi connectivity index (χ0) is 12.2. The quantitative estimate of drug-likeness (QED) is 0.717. The van der Waals surface area contributed by atoms with Gasteiger partial charge < -0.3 is 9.64 Å². The summed E-state index contributed by atoms with van der Waals surface area (Å²) in [6.45, 7) is 3.23. The molecule has 3 aliphatic rings. The average Bonchev–Trinajstić information content (AvgIpc) is 2.38. The van der Waals surface area contributed by atoms with Gasteiger partial charge in [-0.2, -0.15) is 0 Å². The van der Waals surface area contributed by atoms with Gasteiger partial charge in [-0.3, -0.25) is 0 Å². The van der Waals surface area contributed by atoms with Gasteiger partial charge in [0, 0.05) is 24.3 Å². The minimum Gasteiger partial charge on any atom is -0.466 e. The summed E-state index contributed by atoms with van der Waals surface area (Å²) in [5.41, 5.74) is 0.958. The summed E-state index contributed by atoms with van der Waals surface area (Å²) in [6, 6.07) is 8.85. The second-order valence-corrected chi connectivity index (χ2v) is 6.39. The highest BCUT2D eigenvalue weighted by molar-refractivity contribution is 8.13. The Bertz CT molecular complexity index is 530. The van der Waals surface area contributed by atoms with E-state index in [2.05, 4.69) is 30.0 Å². The van der Waals surface area contributed by atoms with Crippen molar-refractivity contribution >= 4 is 16.9 Å². The second-order valence-electron chi connectivity index (χ2n) is 5.32. The Kier molecular flexibility index (Phi) is 2.19. The molecule has 3 nitrogen and oxygen atoms in total. The smallest absolute Gasteiger partial charge is 0.202 e. The van der Waals surface area contributed by atoms with Crippen molar-refractivity contribution in [3.63, 3.8) is 0 Å². The van der Waals surface area contributed by atoms with Crippen LogP contribution in [0.4, 0.5) is 0 Å². The van der Waals surface area contributed by atoms with Gasteiger partial charge in [0.2, 0.25) is 5.72 Å². The van der Waals surface area contributed by atoms with Crippen LogP contribution in [0.3, 0.4) is 0 Å². The van der Waals surface area contributed by atoms with E-state index in [-0.39, 0.29) is 5.72 Å². The first-order chi connectivity index (χ1) is 8.75. The maximum absolute atomic E-state index is 6.11. The molecular formula is C14H16N2OS. The summed E-state index contributed by atoms with van der Waals surface area (Å²) in [5, 5.41) is 1.18. The summed E-state index contributed by atoms with van der Waals surface area (Å²) in [4.78, 5) is 7.31. The summed E-state index contributed by atoms with van der Waals surface area (Å²) < 4.78 is 6.11. The van der Waals surface area contributed by atoms with E-state index in [1.807, 2.05) is 17.8 Å². The molecule has 0 radical (unpaired) electrons. The maximum atomic E-state index is 6.11. The standard InChI is InChI=1S/C14H16N2OS/c1-14-9-11(10-5-2-3-6-12(10)17-14)16-7-4-8-18-13(16)15-14/h2-3,5-6,11H,4,7-9H2,1H3/t11-,14+/m0/s1. The highest BCUT2D eigenvalue weighted by atomic mass is 32.2. The first-order valence-corrected chi connectivity index (χ1v) is 7.51. The predicted octanol–water partition coefficient (Wildman–Crippen LogP) is 3.03. The number of benzene rings is 1. The van der Waals surface area contributed by atoms with Crippen LogP contribution < -0.4 is 4.74 Å². The van der Waals surface area contributed by atoms with Crippen LogP contribution in [-0.2, 0) is 0 Å². The number of hydrogen-bond acceptors (Lipinski definition) is 4. The number of aliphatic imine (C=N–C) groups is 1. The van der Waals surface area contributed by atoms with E-state index in [1.165, 1.54) is 22.9 Å². The maximum Gasteiger partial charge on any atom is 0.202 e. The van der Waals surface area contributed by atoms with E-state index in [0.717, 1.165) is 18.7 Å². The lowest BCUT2D eigenvalue weighted by atomic mass is 9.91. The van der Waals surface area contributed by atoms with Gasteiger partial charge >= 0.3 is 0 Å². The SMILES string of the molecule is C[C@]12C[C@@H](c3ccccc3O1)N1CCCSC1=N2. The Morgan fingerprint density at radius 3 is 3.28 bits per heavy atom. The number of para-hydroxylation sites is 1. The van der Waals surface area contributed by atoms with Gasteiger partial charge in [-0.25, -0.2) is 4.99 Å². The van der Waals surface area contributed by atoms with Gasteiger partial charge in [0.25, 0.3) is 0 Å². The molecular weight excluding hydrogens is 244 g/mol. The first-order valence-electron chi connectivity index (χ1n) is 6.52. The molecule has 0 N–H and O–H groups in total. The zero-order valence-corrected chi connectivity index (χ0v) is 11.2. The number of thioether (sulfide) groups is 1. The molecule has 0 amide bonds. The summed E-state index contributed by atoms with van der Waals surface area (Å²) in [7, 11) is 0. The van der Waals surface area contributed by atoms with Crippen LogP contribution in [0.2, 0.25) is 0 Å². The minimum absolute atomic E-state index is 0.366. The Labute approximate surface area is 111 Å². The minimum atomic E-state index is -0.366. The van der Waals surface area contributed by atoms with Crippen LogP contribution in [-0.4, -0.2) is 28.1 Å². The van der Waals surface area contributed by atoms with Crippen LogP contribution in [0, 0.1) is 0 Å².